The zero-order valence-corrected chi connectivity index (χ0v) is 19.3. The molecule has 34 heavy (non-hydrogen) atoms. The molecule has 174 valence electrons. The van der Waals surface area contributed by atoms with E-state index in [2.05, 4.69) is 50.9 Å². The molecule has 1 aliphatic rings. The standard InChI is InChI=1S/C26H28FN7/c1-4-19-13-28-11-12-34(19)22-15-31-26-23(22)21(9-10-29-26)32-25-20(16(2)3)14-30-24(33-25)17-5-7-18(27)8-6-17/h4-10,14-16,19,28H,1,11-13H2,2-3H3,(H2,29,30,31,32,33)/t19-/m0/s1. The fourth-order valence-electron chi connectivity index (χ4n) is 4.38. The summed E-state index contributed by atoms with van der Waals surface area (Å²) >= 11 is 0. The molecule has 0 bridgehead atoms. The normalized spacial score (nSPS) is 16.2. The maximum Gasteiger partial charge on any atom is 0.161 e. The van der Waals surface area contributed by atoms with Gasteiger partial charge in [0.15, 0.2) is 5.82 Å². The van der Waals surface area contributed by atoms with Gasteiger partial charge in [0.05, 0.1) is 22.8 Å². The van der Waals surface area contributed by atoms with Crippen molar-refractivity contribution in [2.75, 3.05) is 29.9 Å². The van der Waals surface area contributed by atoms with E-state index >= 15 is 0 Å². The third-order valence-electron chi connectivity index (χ3n) is 6.21. The molecule has 0 saturated carbocycles. The lowest BCUT2D eigenvalue weighted by Crippen LogP contribution is -2.50. The van der Waals surface area contributed by atoms with Crippen LogP contribution in [0.1, 0.15) is 25.3 Å². The van der Waals surface area contributed by atoms with Crippen LogP contribution < -0.4 is 15.5 Å². The minimum absolute atomic E-state index is 0.191. The van der Waals surface area contributed by atoms with Gasteiger partial charge in [-0.3, -0.25) is 0 Å². The number of nitrogens with one attached hydrogen (secondary N) is 3. The number of hydrogen-bond acceptors (Lipinski definition) is 6. The maximum absolute atomic E-state index is 13.4. The van der Waals surface area contributed by atoms with Gasteiger partial charge >= 0.3 is 0 Å². The van der Waals surface area contributed by atoms with Gasteiger partial charge in [0.1, 0.15) is 17.3 Å². The molecule has 1 aromatic carbocycles. The predicted octanol–water partition coefficient (Wildman–Crippen LogP) is 4.99. The van der Waals surface area contributed by atoms with E-state index in [1.165, 1.54) is 12.1 Å². The minimum atomic E-state index is -0.286. The third-order valence-corrected chi connectivity index (χ3v) is 6.21. The average Bonchev–Trinajstić information content (AvgIpc) is 3.29. The lowest BCUT2D eigenvalue weighted by atomic mass is 10.1. The molecule has 0 radical (unpaired) electrons. The van der Waals surface area contributed by atoms with Crippen LogP contribution in [-0.2, 0) is 0 Å². The number of rotatable bonds is 6. The fraction of sp³-hybridized carbons (Fsp3) is 0.269. The number of anilines is 3. The quantitative estimate of drug-likeness (QED) is 0.354. The van der Waals surface area contributed by atoms with Crippen molar-refractivity contribution >= 4 is 28.2 Å². The smallest absolute Gasteiger partial charge is 0.161 e. The van der Waals surface area contributed by atoms with Crippen LogP contribution in [-0.4, -0.2) is 45.6 Å². The van der Waals surface area contributed by atoms with Crippen molar-refractivity contribution in [2.24, 2.45) is 0 Å². The number of hydrogen-bond donors (Lipinski definition) is 3. The van der Waals surface area contributed by atoms with Gasteiger partial charge in [-0.1, -0.05) is 19.9 Å². The molecule has 0 spiro atoms. The molecule has 7 nitrogen and oxygen atoms in total. The number of piperazine rings is 1. The molecular formula is C26H28FN7. The van der Waals surface area contributed by atoms with Crippen molar-refractivity contribution in [3.8, 4) is 11.4 Å². The first-order valence-electron chi connectivity index (χ1n) is 11.5. The van der Waals surface area contributed by atoms with Gasteiger partial charge in [-0.25, -0.2) is 19.3 Å². The van der Waals surface area contributed by atoms with Crippen LogP contribution in [0, 0.1) is 5.82 Å². The molecule has 0 unspecified atom stereocenters. The number of aromatic amines is 1. The minimum Gasteiger partial charge on any atom is -0.361 e. The Balaban J connectivity index is 1.59. The highest BCUT2D eigenvalue weighted by molar-refractivity contribution is 6.01. The van der Waals surface area contributed by atoms with E-state index in [1.54, 1.807) is 18.3 Å². The first-order valence-corrected chi connectivity index (χ1v) is 11.5. The Hall–Kier alpha value is -3.78. The molecule has 8 heteroatoms. The molecule has 0 aliphatic carbocycles. The summed E-state index contributed by atoms with van der Waals surface area (Å²) in [5, 5.41) is 8.00. The molecule has 4 heterocycles. The van der Waals surface area contributed by atoms with E-state index in [0.29, 0.717) is 5.82 Å². The molecule has 1 saturated heterocycles. The maximum atomic E-state index is 13.4. The fourth-order valence-corrected chi connectivity index (χ4v) is 4.38. The SMILES string of the molecule is C=C[C@H]1CNCCN1c1c[nH]c2nccc(Nc3nc(-c4ccc(F)cc4)ncc3C(C)C)c12. The van der Waals surface area contributed by atoms with Crippen molar-refractivity contribution in [3.05, 3.63) is 73.0 Å². The molecule has 0 amide bonds. The van der Waals surface area contributed by atoms with E-state index in [0.717, 1.165) is 59.0 Å². The summed E-state index contributed by atoms with van der Waals surface area (Å²) < 4.78 is 13.4. The van der Waals surface area contributed by atoms with Crippen LogP contribution in [0.25, 0.3) is 22.4 Å². The first-order chi connectivity index (χ1) is 16.5. The zero-order valence-electron chi connectivity index (χ0n) is 19.3. The van der Waals surface area contributed by atoms with Crippen molar-refractivity contribution in [2.45, 2.75) is 25.8 Å². The Morgan fingerprint density at radius 2 is 2.03 bits per heavy atom. The number of benzene rings is 1. The topological polar surface area (TPSA) is 81.8 Å². The van der Waals surface area contributed by atoms with Crippen molar-refractivity contribution in [1.82, 2.24) is 25.3 Å². The Labute approximate surface area is 198 Å². The number of nitrogens with zero attached hydrogens (tertiary/aromatic N) is 4. The third kappa shape index (κ3) is 4.12. The van der Waals surface area contributed by atoms with Gasteiger partial charge in [-0.05, 0) is 36.2 Å². The number of fused-ring (bicyclic) bond motifs is 1. The summed E-state index contributed by atoms with van der Waals surface area (Å²) in [7, 11) is 0. The first kappa shape index (κ1) is 22.0. The van der Waals surface area contributed by atoms with Crippen LogP contribution in [0.4, 0.5) is 21.6 Å². The molecule has 1 fully saturated rings. The number of aromatic nitrogens is 4. The number of pyridine rings is 1. The zero-order chi connectivity index (χ0) is 23.7. The van der Waals surface area contributed by atoms with Gasteiger partial charge in [-0.2, -0.15) is 0 Å². The molecule has 3 N–H and O–H groups in total. The van der Waals surface area contributed by atoms with E-state index in [4.69, 9.17) is 4.98 Å². The van der Waals surface area contributed by atoms with Crippen LogP contribution in [0.15, 0.2) is 61.6 Å². The lowest BCUT2D eigenvalue weighted by Gasteiger charge is -2.36. The van der Waals surface area contributed by atoms with Gasteiger partial charge in [0, 0.05) is 49.4 Å². The second-order valence-electron chi connectivity index (χ2n) is 8.74. The summed E-state index contributed by atoms with van der Waals surface area (Å²) in [6.07, 6.45) is 7.62. The highest BCUT2D eigenvalue weighted by Gasteiger charge is 2.24. The lowest BCUT2D eigenvalue weighted by molar-refractivity contribution is 0.531. The van der Waals surface area contributed by atoms with Gasteiger partial charge in [-0.15, -0.1) is 6.58 Å². The van der Waals surface area contributed by atoms with E-state index in [1.807, 2.05) is 24.5 Å². The van der Waals surface area contributed by atoms with Gasteiger partial charge in [0.2, 0.25) is 0 Å². The Bertz CT molecular complexity index is 1310. The van der Waals surface area contributed by atoms with E-state index < -0.39 is 0 Å². The largest absolute Gasteiger partial charge is 0.361 e. The molecule has 4 aromatic rings. The van der Waals surface area contributed by atoms with Gasteiger partial charge in [0.25, 0.3) is 0 Å². The average molecular weight is 458 g/mol. The summed E-state index contributed by atoms with van der Waals surface area (Å²) in [6.45, 7) is 10.9. The predicted molar refractivity (Wildman–Crippen MR) is 135 cm³/mol. The van der Waals surface area contributed by atoms with Crippen molar-refractivity contribution in [3.63, 3.8) is 0 Å². The van der Waals surface area contributed by atoms with Crippen molar-refractivity contribution in [1.29, 1.82) is 0 Å². The highest BCUT2D eigenvalue weighted by atomic mass is 19.1. The second kappa shape index (κ2) is 9.23. The molecule has 1 aliphatic heterocycles. The molecular weight excluding hydrogens is 429 g/mol. The highest BCUT2D eigenvalue weighted by Crippen LogP contribution is 2.36. The van der Waals surface area contributed by atoms with Gasteiger partial charge < -0.3 is 20.5 Å². The Morgan fingerprint density at radius 3 is 2.79 bits per heavy atom. The van der Waals surface area contributed by atoms with Crippen LogP contribution in [0.3, 0.4) is 0 Å². The summed E-state index contributed by atoms with van der Waals surface area (Å²) in [6, 6.07) is 8.38. The summed E-state index contributed by atoms with van der Waals surface area (Å²) in [5.74, 6) is 1.20. The monoisotopic (exact) mass is 457 g/mol. The van der Waals surface area contributed by atoms with Crippen LogP contribution in [0.2, 0.25) is 0 Å². The van der Waals surface area contributed by atoms with Crippen molar-refractivity contribution < 1.29 is 4.39 Å². The molecule has 3 aromatic heterocycles. The Kier molecular flexibility index (Phi) is 5.98. The molecule has 1 atom stereocenters. The molecule has 5 rings (SSSR count). The summed E-state index contributed by atoms with van der Waals surface area (Å²) in [5.41, 5.74) is 4.56. The van der Waals surface area contributed by atoms with Crippen LogP contribution >= 0.6 is 0 Å². The van der Waals surface area contributed by atoms with E-state index in [-0.39, 0.29) is 17.8 Å². The Morgan fingerprint density at radius 1 is 1.21 bits per heavy atom. The van der Waals surface area contributed by atoms with E-state index in [9.17, 15) is 4.39 Å². The summed E-state index contributed by atoms with van der Waals surface area (Å²) in [4.78, 5) is 19.6. The number of H-pyrrole nitrogens is 1. The number of halogens is 1. The van der Waals surface area contributed by atoms with Crippen LogP contribution in [0.5, 0.6) is 0 Å². The second-order valence-corrected chi connectivity index (χ2v) is 8.74.